The molecule has 0 unspecified atom stereocenters. The number of amides is 1. The van der Waals surface area contributed by atoms with E-state index in [1.807, 2.05) is 6.92 Å². The van der Waals surface area contributed by atoms with Gasteiger partial charge in [-0.3, -0.25) is 4.79 Å². The summed E-state index contributed by atoms with van der Waals surface area (Å²) in [6, 6.07) is 0. The van der Waals surface area contributed by atoms with E-state index in [0.29, 0.717) is 0 Å². The maximum absolute atomic E-state index is 9.22. The molecule has 0 saturated heterocycles. The van der Waals surface area contributed by atoms with Crippen LogP contribution in [0.2, 0.25) is 0 Å². The largest absolute Gasteiger partial charge is 2.00 e. The number of hydrogen-bond donors (Lipinski definition) is 3. The van der Waals surface area contributed by atoms with Crippen LogP contribution in [0.15, 0.2) is 0 Å². The van der Waals surface area contributed by atoms with E-state index in [2.05, 4.69) is 12.7 Å². The summed E-state index contributed by atoms with van der Waals surface area (Å²) in [5.74, 6) is -0.333. The van der Waals surface area contributed by atoms with Gasteiger partial charge in [0.2, 0.25) is 5.91 Å². The molecule has 0 bridgehead atoms. The van der Waals surface area contributed by atoms with E-state index in [9.17, 15) is 4.79 Å². The van der Waals surface area contributed by atoms with Gasteiger partial charge < -0.3 is 30.3 Å². The molecule has 0 atom stereocenters. The fraction of sp³-hybridized carbons (Fsp3) is 0.625. The van der Waals surface area contributed by atoms with Crippen LogP contribution in [0.4, 0.5) is 0 Å². The van der Waals surface area contributed by atoms with Gasteiger partial charge in [0.1, 0.15) is 0 Å². The molecule has 13 heavy (non-hydrogen) atoms. The molecule has 1 amide bonds. The second-order valence-corrected chi connectivity index (χ2v) is 1.11. The van der Waals surface area contributed by atoms with Crippen molar-refractivity contribution in [1.82, 2.24) is 0 Å². The van der Waals surface area contributed by atoms with Crippen LogP contribution in [0.3, 0.4) is 0 Å². The summed E-state index contributed by atoms with van der Waals surface area (Å²) >= 11 is 0. The van der Waals surface area contributed by atoms with Gasteiger partial charge in [0, 0.05) is 21.1 Å². The first-order valence-electron chi connectivity index (χ1n) is 3.09. The van der Waals surface area contributed by atoms with E-state index in [0.717, 1.165) is 20.6 Å². The SMILES string of the molecule is CC(N)=O.CO.CO.[CH2-]CC.[CH3-].[Ti+2]. The van der Waals surface area contributed by atoms with E-state index < -0.39 is 0 Å². The Balaban J connectivity index is -0.0000000125. The monoisotopic (exact) mass is 229 g/mol. The molecule has 0 saturated carbocycles. The number of carbonyl (C=O) groups excluding carboxylic acids is 1. The molecule has 82 valence electrons. The van der Waals surface area contributed by atoms with Gasteiger partial charge in [0.25, 0.3) is 0 Å². The molecule has 0 rings (SSSR count). The van der Waals surface area contributed by atoms with Crippen molar-refractivity contribution < 1.29 is 36.7 Å². The minimum atomic E-state index is -0.333. The predicted octanol–water partition coefficient (Wildman–Crippen LogP) is 0.387. The topological polar surface area (TPSA) is 83.6 Å². The molecule has 0 aliphatic carbocycles. The first-order valence-corrected chi connectivity index (χ1v) is 3.09. The van der Waals surface area contributed by atoms with Crippen molar-refractivity contribution in [2.75, 3.05) is 14.2 Å². The van der Waals surface area contributed by atoms with Crippen LogP contribution < -0.4 is 5.73 Å². The first-order chi connectivity index (χ1) is 5.15. The minimum Gasteiger partial charge on any atom is -0.400 e. The summed E-state index contributed by atoms with van der Waals surface area (Å²) in [5.41, 5.74) is 4.47. The molecule has 0 radical (unpaired) electrons. The first kappa shape index (κ1) is 38.0. The minimum absolute atomic E-state index is 0. The molecule has 0 fully saturated rings. The van der Waals surface area contributed by atoms with Crippen LogP contribution in [0.25, 0.3) is 0 Å². The number of aliphatic hydroxyl groups excluding tert-OH is 2. The van der Waals surface area contributed by atoms with Crippen LogP contribution in [0.5, 0.6) is 0 Å². The van der Waals surface area contributed by atoms with Gasteiger partial charge in [-0.2, -0.15) is 6.42 Å². The van der Waals surface area contributed by atoms with E-state index in [-0.39, 0.29) is 35.1 Å². The van der Waals surface area contributed by atoms with Gasteiger partial charge in [0.05, 0.1) is 0 Å². The second kappa shape index (κ2) is 88.6. The van der Waals surface area contributed by atoms with Crippen LogP contribution in [0, 0.1) is 14.4 Å². The average molecular weight is 229 g/mol. The predicted molar refractivity (Wildman–Crippen MR) is 53.2 cm³/mol. The molecule has 0 heterocycles. The summed E-state index contributed by atoms with van der Waals surface area (Å²) in [7, 11) is 2.00. The third kappa shape index (κ3) is 114000. The van der Waals surface area contributed by atoms with Crippen molar-refractivity contribution >= 4 is 5.91 Å². The Bertz CT molecular complexity index is 50.7. The van der Waals surface area contributed by atoms with Crippen molar-refractivity contribution in [3.05, 3.63) is 14.4 Å². The van der Waals surface area contributed by atoms with Crippen molar-refractivity contribution in [3.8, 4) is 0 Å². The van der Waals surface area contributed by atoms with Gasteiger partial charge in [-0.05, 0) is 0 Å². The number of carbonyl (C=O) groups is 1. The Kier molecular flexibility index (Phi) is 259. The quantitative estimate of drug-likeness (QED) is 0.415. The van der Waals surface area contributed by atoms with E-state index in [4.69, 9.17) is 10.2 Å². The summed E-state index contributed by atoms with van der Waals surface area (Å²) in [6.45, 7) is 6.81. The zero-order chi connectivity index (χ0) is 10.3. The molecule has 4 N–H and O–H groups in total. The van der Waals surface area contributed by atoms with E-state index in [1.54, 1.807) is 0 Å². The maximum Gasteiger partial charge on any atom is 2.00 e. The zero-order valence-corrected chi connectivity index (χ0v) is 10.9. The second-order valence-electron chi connectivity index (χ2n) is 1.11. The smallest absolute Gasteiger partial charge is 0.400 e. The normalized spacial score (nSPS) is 4.23. The van der Waals surface area contributed by atoms with Gasteiger partial charge >= 0.3 is 21.7 Å². The Hall–Kier alpha value is 0.104. The number of rotatable bonds is 0. The average Bonchev–Trinajstić information content (AvgIpc) is 1.96. The number of hydrogen-bond acceptors (Lipinski definition) is 3. The number of nitrogens with two attached hydrogens (primary N) is 1. The zero-order valence-electron chi connectivity index (χ0n) is 9.29. The van der Waals surface area contributed by atoms with Gasteiger partial charge in [-0.15, -0.1) is 0 Å². The Morgan fingerprint density at radius 1 is 1.31 bits per heavy atom. The van der Waals surface area contributed by atoms with Crippen LogP contribution in [-0.4, -0.2) is 30.3 Å². The molecule has 5 heteroatoms. The van der Waals surface area contributed by atoms with E-state index in [1.165, 1.54) is 6.92 Å². The van der Waals surface area contributed by atoms with Crippen molar-refractivity contribution in [2.45, 2.75) is 20.3 Å². The number of primary amides is 1. The van der Waals surface area contributed by atoms with Gasteiger partial charge in [-0.25, -0.2) is 0 Å². The molecule has 0 aromatic heterocycles. The maximum atomic E-state index is 9.22. The Labute approximate surface area is 97.4 Å². The number of aliphatic hydroxyl groups is 2. The Morgan fingerprint density at radius 3 is 1.31 bits per heavy atom. The van der Waals surface area contributed by atoms with Gasteiger partial charge in [0.15, 0.2) is 0 Å². The van der Waals surface area contributed by atoms with Crippen LogP contribution in [0.1, 0.15) is 20.3 Å². The van der Waals surface area contributed by atoms with Gasteiger partial charge in [-0.1, -0.05) is 6.92 Å². The summed E-state index contributed by atoms with van der Waals surface area (Å²) < 4.78 is 0. The summed E-state index contributed by atoms with van der Waals surface area (Å²) in [5, 5.41) is 14.0. The molecular formula is C8H23NO3Ti. The molecule has 0 aliphatic rings. The molecule has 4 nitrogen and oxygen atoms in total. The van der Waals surface area contributed by atoms with Crippen molar-refractivity contribution in [1.29, 1.82) is 0 Å². The fourth-order valence-electron chi connectivity index (χ4n) is 0. The molecule has 0 aliphatic heterocycles. The standard InChI is InChI=1S/C3H7.C2H5NO.2CH4O.CH3.Ti/c1-3-2;1-2(3)4;2*1-2;;/h1,3H2,2H3;1H3,(H2,3,4);2*2H,1H3;1H3;/q-1;;;;-1;+2. The van der Waals surface area contributed by atoms with Crippen LogP contribution in [-0.2, 0) is 26.5 Å². The Morgan fingerprint density at radius 2 is 1.31 bits per heavy atom. The summed E-state index contributed by atoms with van der Waals surface area (Å²) in [4.78, 5) is 9.22. The molecule has 0 aromatic rings. The van der Waals surface area contributed by atoms with Crippen molar-refractivity contribution in [3.63, 3.8) is 0 Å². The molecule has 0 aromatic carbocycles. The van der Waals surface area contributed by atoms with Crippen LogP contribution >= 0.6 is 0 Å². The molecule has 0 spiro atoms. The van der Waals surface area contributed by atoms with Crippen molar-refractivity contribution in [2.24, 2.45) is 5.73 Å². The third-order valence-electron chi connectivity index (χ3n) is 0. The molecular weight excluding hydrogens is 206 g/mol. The third-order valence-corrected chi connectivity index (χ3v) is 0. The summed E-state index contributed by atoms with van der Waals surface area (Å²) in [6.07, 6.45) is 1.00. The fourth-order valence-corrected chi connectivity index (χ4v) is 0. The van der Waals surface area contributed by atoms with E-state index >= 15 is 0 Å².